The second-order valence-corrected chi connectivity index (χ2v) is 6.24. The number of hydrogen-bond donors (Lipinski definition) is 2. The van der Waals surface area contributed by atoms with Gasteiger partial charge in [0, 0.05) is 17.5 Å². The van der Waals surface area contributed by atoms with Crippen LogP contribution in [0.2, 0.25) is 0 Å². The molecule has 6 nitrogen and oxygen atoms in total. The molecule has 0 spiro atoms. The molecule has 3 aromatic rings. The van der Waals surface area contributed by atoms with E-state index in [1.807, 2.05) is 43.3 Å². The molecule has 0 aliphatic carbocycles. The first-order valence-corrected chi connectivity index (χ1v) is 8.40. The number of benzene rings is 2. The normalized spacial score (nSPS) is 11.0. The van der Waals surface area contributed by atoms with E-state index in [4.69, 9.17) is 9.15 Å². The largest absolute Gasteiger partial charge is 0.508 e. The zero-order chi connectivity index (χ0) is 18.5. The molecule has 0 atom stereocenters. The Morgan fingerprint density at radius 3 is 2.62 bits per heavy atom. The molecule has 0 aliphatic heterocycles. The molecule has 3 rings (SSSR count). The van der Waals surface area contributed by atoms with Crippen molar-refractivity contribution in [3.05, 3.63) is 59.9 Å². The van der Waals surface area contributed by atoms with E-state index in [-0.39, 0.29) is 11.7 Å². The van der Waals surface area contributed by atoms with Crippen molar-refractivity contribution in [2.75, 3.05) is 27.2 Å². The molecule has 0 unspecified atom stereocenters. The van der Waals surface area contributed by atoms with Crippen LogP contribution in [0.3, 0.4) is 0 Å². The second-order valence-electron chi connectivity index (χ2n) is 6.24. The highest BCUT2D eigenvalue weighted by Gasteiger charge is 2.20. The summed E-state index contributed by atoms with van der Waals surface area (Å²) < 4.78 is 11.3. The van der Waals surface area contributed by atoms with Crippen LogP contribution in [0.5, 0.6) is 11.5 Å². The third-order valence-electron chi connectivity index (χ3n) is 3.87. The lowest BCUT2D eigenvalue weighted by Gasteiger charge is -2.11. The maximum Gasteiger partial charge on any atom is 0.287 e. The summed E-state index contributed by atoms with van der Waals surface area (Å²) in [6.07, 6.45) is 0. The van der Waals surface area contributed by atoms with Crippen molar-refractivity contribution in [3.8, 4) is 11.5 Å². The van der Waals surface area contributed by atoms with Gasteiger partial charge in [0.25, 0.3) is 5.91 Å². The zero-order valence-corrected chi connectivity index (χ0v) is 14.9. The van der Waals surface area contributed by atoms with Gasteiger partial charge < -0.3 is 24.5 Å². The van der Waals surface area contributed by atoms with Gasteiger partial charge in [-0.2, -0.15) is 0 Å². The molecule has 0 aliphatic rings. The molecule has 1 heterocycles. The fourth-order valence-electron chi connectivity index (χ4n) is 2.71. The van der Waals surface area contributed by atoms with Gasteiger partial charge in [0.05, 0.1) is 6.54 Å². The molecule has 0 bridgehead atoms. The van der Waals surface area contributed by atoms with E-state index in [1.54, 1.807) is 24.3 Å². The van der Waals surface area contributed by atoms with Gasteiger partial charge in [-0.15, -0.1) is 0 Å². The fourth-order valence-corrected chi connectivity index (χ4v) is 2.71. The molecule has 6 heteroatoms. The summed E-state index contributed by atoms with van der Waals surface area (Å²) in [4.78, 5) is 14.6. The number of rotatable bonds is 7. The Labute approximate surface area is 152 Å². The van der Waals surface area contributed by atoms with Crippen molar-refractivity contribution in [1.82, 2.24) is 10.2 Å². The Morgan fingerprint density at radius 1 is 1.15 bits per heavy atom. The summed E-state index contributed by atoms with van der Waals surface area (Å²) in [6.45, 7) is 1.28. The molecular formula is C20H22N2O4. The molecule has 0 fully saturated rings. The number of ether oxygens (including phenoxy) is 1. The SMILES string of the molecule is CN(C)Cc1c(C(=O)NCCOc2ccc(O)cc2)oc2ccccc12. The van der Waals surface area contributed by atoms with E-state index >= 15 is 0 Å². The molecule has 136 valence electrons. The molecule has 2 aromatic carbocycles. The predicted molar refractivity (Wildman–Crippen MR) is 99.5 cm³/mol. The molecular weight excluding hydrogens is 332 g/mol. The zero-order valence-electron chi connectivity index (χ0n) is 14.9. The quantitative estimate of drug-likeness (QED) is 0.638. The van der Waals surface area contributed by atoms with Crippen molar-refractivity contribution in [3.63, 3.8) is 0 Å². The van der Waals surface area contributed by atoms with Gasteiger partial charge in [-0.1, -0.05) is 18.2 Å². The van der Waals surface area contributed by atoms with Crippen LogP contribution < -0.4 is 10.1 Å². The van der Waals surface area contributed by atoms with Crippen LogP contribution in [-0.4, -0.2) is 43.2 Å². The van der Waals surface area contributed by atoms with Crippen molar-refractivity contribution >= 4 is 16.9 Å². The standard InChI is InChI=1S/C20H22N2O4/c1-22(2)13-17-16-5-3-4-6-18(16)26-19(17)20(24)21-11-12-25-15-9-7-14(23)8-10-15/h3-10,23H,11-13H2,1-2H3,(H,21,24). The van der Waals surface area contributed by atoms with Crippen LogP contribution in [0.1, 0.15) is 16.1 Å². The minimum Gasteiger partial charge on any atom is -0.508 e. The lowest BCUT2D eigenvalue weighted by molar-refractivity contribution is 0.0919. The van der Waals surface area contributed by atoms with Gasteiger partial charge in [-0.05, 0) is 44.4 Å². The van der Waals surface area contributed by atoms with E-state index in [0.29, 0.717) is 36.8 Å². The Balaban J connectivity index is 1.64. The number of nitrogens with one attached hydrogen (secondary N) is 1. The molecule has 1 aromatic heterocycles. The van der Waals surface area contributed by atoms with Crippen LogP contribution >= 0.6 is 0 Å². The summed E-state index contributed by atoms with van der Waals surface area (Å²) in [5.74, 6) is 0.898. The van der Waals surface area contributed by atoms with Crippen molar-refractivity contribution in [1.29, 1.82) is 0 Å². The fraction of sp³-hybridized carbons (Fsp3) is 0.250. The highest BCUT2D eigenvalue weighted by atomic mass is 16.5. The second kappa shape index (κ2) is 7.93. The highest BCUT2D eigenvalue weighted by molar-refractivity contribution is 5.99. The lowest BCUT2D eigenvalue weighted by Crippen LogP contribution is -2.29. The number of hydrogen-bond acceptors (Lipinski definition) is 5. The number of aromatic hydroxyl groups is 1. The van der Waals surface area contributed by atoms with E-state index in [9.17, 15) is 9.90 Å². The minimum atomic E-state index is -0.257. The number of nitrogens with zero attached hydrogens (tertiary/aromatic N) is 1. The van der Waals surface area contributed by atoms with E-state index in [2.05, 4.69) is 5.32 Å². The van der Waals surface area contributed by atoms with Gasteiger partial charge in [-0.25, -0.2) is 0 Å². The molecule has 0 saturated heterocycles. The van der Waals surface area contributed by atoms with E-state index in [0.717, 1.165) is 10.9 Å². The van der Waals surface area contributed by atoms with Gasteiger partial charge in [0.15, 0.2) is 5.76 Å². The summed E-state index contributed by atoms with van der Waals surface area (Å²) in [5.41, 5.74) is 1.58. The average Bonchev–Trinajstić information content (AvgIpc) is 2.98. The molecule has 26 heavy (non-hydrogen) atoms. The Bertz CT molecular complexity index is 884. The number of carbonyl (C=O) groups is 1. The van der Waals surface area contributed by atoms with Gasteiger partial charge >= 0.3 is 0 Å². The monoisotopic (exact) mass is 354 g/mol. The Morgan fingerprint density at radius 2 is 1.88 bits per heavy atom. The molecule has 1 amide bonds. The van der Waals surface area contributed by atoms with Gasteiger partial charge in [-0.3, -0.25) is 4.79 Å². The molecule has 0 saturated carbocycles. The summed E-state index contributed by atoms with van der Waals surface area (Å²) in [7, 11) is 3.91. The van der Waals surface area contributed by atoms with E-state index in [1.165, 1.54) is 0 Å². The third kappa shape index (κ3) is 4.15. The topological polar surface area (TPSA) is 74.9 Å². The number of fused-ring (bicyclic) bond motifs is 1. The summed E-state index contributed by atoms with van der Waals surface area (Å²) in [5, 5.41) is 13.0. The number of phenolic OH excluding ortho intramolecular Hbond substituents is 1. The first kappa shape index (κ1) is 17.8. The number of para-hydroxylation sites is 1. The van der Waals surface area contributed by atoms with Crippen LogP contribution in [0.4, 0.5) is 0 Å². The van der Waals surface area contributed by atoms with Crippen LogP contribution in [0, 0.1) is 0 Å². The first-order chi connectivity index (χ1) is 12.5. The average molecular weight is 354 g/mol. The van der Waals surface area contributed by atoms with Crippen molar-refractivity contribution < 1.29 is 19.1 Å². The smallest absolute Gasteiger partial charge is 0.287 e. The van der Waals surface area contributed by atoms with E-state index < -0.39 is 0 Å². The Hall–Kier alpha value is -2.99. The number of amides is 1. The maximum atomic E-state index is 12.6. The van der Waals surface area contributed by atoms with Crippen LogP contribution in [-0.2, 0) is 6.54 Å². The van der Waals surface area contributed by atoms with Crippen LogP contribution in [0.15, 0.2) is 52.9 Å². The molecule has 0 radical (unpaired) electrons. The Kier molecular flexibility index (Phi) is 5.43. The summed E-state index contributed by atoms with van der Waals surface area (Å²) in [6, 6.07) is 14.1. The minimum absolute atomic E-state index is 0.184. The van der Waals surface area contributed by atoms with Gasteiger partial charge in [0.2, 0.25) is 0 Å². The summed E-state index contributed by atoms with van der Waals surface area (Å²) >= 11 is 0. The number of phenols is 1. The van der Waals surface area contributed by atoms with Crippen molar-refractivity contribution in [2.24, 2.45) is 0 Å². The predicted octanol–water partition coefficient (Wildman–Crippen LogP) is 3.01. The third-order valence-corrected chi connectivity index (χ3v) is 3.87. The highest BCUT2D eigenvalue weighted by Crippen LogP contribution is 2.26. The number of furan rings is 1. The van der Waals surface area contributed by atoms with Crippen molar-refractivity contribution in [2.45, 2.75) is 6.54 Å². The van der Waals surface area contributed by atoms with Gasteiger partial charge in [0.1, 0.15) is 23.7 Å². The van der Waals surface area contributed by atoms with Crippen LogP contribution in [0.25, 0.3) is 11.0 Å². The number of carbonyl (C=O) groups excluding carboxylic acids is 1. The maximum absolute atomic E-state index is 12.6. The molecule has 2 N–H and O–H groups in total. The lowest BCUT2D eigenvalue weighted by atomic mass is 10.1. The first-order valence-electron chi connectivity index (χ1n) is 8.40.